The number of carboxylic acids is 1. The SMILES string of the molecule is COCCOCCn1c(C)c(C(=O)O)c(C)cc1=O. The highest BCUT2D eigenvalue weighted by atomic mass is 16.5. The second-order valence-corrected chi connectivity index (χ2v) is 4.19. The number of ether oxygens (including phenoxy) is 2. The van der Waals surface area contributed by atoms with Crippen molar-refractivity contribution < 1.29 is 19.4 Å². The third-order valence-corrected chi connectivity index (χ3v) is 2.87. The van der Waals surface area contributed by atoms with E-state index in [1.54, 1.807) is 21.0 Å². The first kappa shape index (κ1) is 15.4. The summed E-state index contributed by atoms with van der Waals surface area (Å²) in [6.07, 6.45) is 0. The topological polar surface area (TPSA) is 77.8 Å². The maximum atomic E-state index is 11.8. The molecular weight excluding hydrogens is 250 g/mol. The monoisotopic (exact) mass is 269 g/mol. The van der Waals surface area contributed by atoms with Crippen molar-refractivity contribution in [3.05, 3.63) is 33.2 Å². The summed E-state index contributed by atoms with van der Waals surface area (Å²) in [7, 11) is 1.58. The Morgan fingerprint density at radius 2 is 2.00 bits per heavy atom. The van der Waals surface area contributed by atoms with Gasteiger partial charge in [0.1, 0.15) is 0 Å². The van der Waals surface area contributed by atoms with Crippen LogP contribution in [-0.2, 0) is 16.0 Å². The molecule has 106 valence electrons. The molecule has 0 fully saturated rings. The van der Waals surface area contributed by atoms with Gasteiger partial charge in [-0.3, -0.25) is 4.79 Å². The molecule has 0 aliphatic carbocycles. The van der Waals surface area contributed by atoms with Crippen molar-refractivity contribution in [1.29, 1.82) is 0 Å². The highest BCUT2D eigenvalue weighted by Crippen LogP contribution is 2.11. The Morgan fingerprint density at radius 1 is 1.32 bits per heavy atom. The van der Waals surface area contributed by atoms with Gasteiger partial charge >= 0.3 is 5.97 Å². The summed E-state index contributed by atoms with van der Waals surface area (Å²) < 4.78 is 11.5. The van der Waals surface area contributed by atoms with E-state index in [9.17, 15) is 9.59 Å². The van der Waals surface area contributed by atoms with Crippen LogP contribution in [0.4, 0.5) is 0 Å². The first-order valence-corrected chi connectivity index (χ1v) is 6.00. The fourth-order valence-electron chi connectivity index (χ4n) is 1.92. The zero-order valence-corrected chi connectivity index (χ0v) is 11.4. The zero-order valence-electron chi connectivity index (χ0n) is 11.4. The Balaban J connectivity index is 2.86. The fraction of sp³-hybridized carbons (Fsp3) is 0.538. The normalized spacial score (nSPS) is 10.7. The number of nitrogens with zero attached hydrogens (tertiary/aromatic N) is 1. The number of pyridine rings is 1. The lowest BCUT2D eigenvalue weighted by Crippen LogP contribution is -2.27. The lowest BCUT2D eigenvalue weighted by Gasteiger charge is -2.14. The van der Waals surface area contributed by atoms with Crippen LogP contribution in [0.15, 0.2) is 10.9 Å². The number of rotatable bonds is 7. The van der Waals surface area contributed by atoms with Gasteiger partial charge < -0.3 is 19.1 Å². The van der Waals surface area contributed by atoms with Crippen molar-refractivity contribution in [2.45, 2.75) is 20.4 Å². The van der Waals surface area contributed by atoms with Crippen LogP contribution in [-0.4, -0.2) is 42.6 Å². The molecule has 0 aromatic carbocycles. The van der Waals surface area contributed by atoms with E-state index in [0.29, 0.717) is 37.6 Å². The van der Waals surface area contributed by atoms with Crippen molar-refractivity contribution in [3.8, 4) is 0 Å². The molecule has 0 unspecified atom stereocenters. The van der Waals surface area contributed by atoms with Gasteiger partial charge in [0.25, 0.3) is 5.56 Å². The van der Waals surface area contributed by atoms with Gasteiger partial charge in [0, 0.05) is 25.4 Å². The molecule has 0 saturated carbocycles. The van der Waals surface area contributed by atoms with Gasteiger partial charge in [-0.1, -0.05) is 0 Å². The molecule has 1 N–H and O–H groups in total. The third kappa shape index (κ3) is 3.90. The Hall–Kier alpha value is -1.66. The lowest BCUT2D eigenvalue weighted by atomic mass is 10.1. The molecule has 6 heteroatoms. The molecule has 1 aromatic heterocycles. The predicted molar refractivity (Wildman–Crippen MR) is 69.8 cm³/mol. The van der Waals surface area contributed by atoms with Crippen LogP contribution in [0.5, 0.6) is 0 Å². The number of aryl methyl sites for hydroxylation is 1. The number of aromatic nitrogens is 1. The van der Waals surface area contributed by atoms with E-state index < -0.39 is 5.97 Å². The second kappa shape index (κ2) is 7.06. The van der Waals surface area contributed by atoms with Crippen LogP contribution in [0.25, 0.3) is 0 Å². The van der Waals surface area contributed by atoms with Gasteiger partial charge in [0.15, 0.2) is 0 Å². The average molecular weight is 269 g/mol. The molecule has 0 amide bonds. The van der Waals surface area contributed by atoms with E-state index in [1.165, 1.54) is 10.6 Å². The maximum Gasteiger partial charge on any atom is 0.337 e. The van der Waals surface area contributed by atoms with Crippen molar-refractivity contribution in [2.24, 2.45) is 0 Å². The largest absolute Gasteiger partial charge is 0.478 e. The summed E-state index contributed by atoms with van der Waals surface area (Å²) in [4.78, 5) is 23.0. The zero-order chi connectivity index (χ0) is 14.4. The van der Waals surface area contributed by atoms with Crippen LogP contribution in [0.2, 0.25) is 0 Å². The van der Waals surface area contributed by atoms with E-state index >= 15 is 0 Å². The molecule has 1 heterocycles. The highest BCUT2D eigenvalue weighted by Gasteiger charge is 2.15. The van der Waals surface area contributed by atoms with Gasteiger partial charge in [0.2, 0.25) is 0 Å². The molecule has 0 atom stereocenters. The smallest absolute Gasteiger partial charge is 0.337 e. The van der Waals surface area contributed by atoms with E-state index in [1.807, 2.05) is 0 Å². The molecule has 0 aliphatic heterocycles. The molecule has 1 rings (SSSR count). The van der Waals surface area contributed by atoms with Crippen LogP contribution in [0.1, 0.15) is 21.6 Å². The molecule has 1 aromatic rings. The number of carboxylic acid groups (broad SMARTS) is 1. The Labute approximate surface area is 111 Å². The van der Waals surface area contributed by atoms with Crippen LogP contribution in [0, 0.1) is 13.8 Å². The lowest BCUT2D eigenvalue weighted by molar-refractivity contribution is 0.0653. The van der Waals surface area contributed by atoms with E-state index in [0.717, 1.165) is 0 Å². The number of methoxy groups -OCH3 is 1. The molecule has 0 spiro atoms. The van der Waals surface area contributed by atoms with Crippen LogP contribution < -0.4 is 5.56 Å². The van der Waals surface area contributed by atoms with E-state index in [2.05, 4.69) is 0 Å². The summed E-state index contributed by atoms with van der Waals surface area (Å²) in [6, 6.07) is 1.34. The van der Waals surface area contributed by atoms with Crippen LogP contribution >= 0.6 is 0 Å². The first-order valence-electron chi connectivity index (χ1n) is 6.00. The minimum atomic E-state index is -1.02. The predicted octanol–water partition coefficient (Wildman–Crippen LogP) is 0.826. The van der Waals surface area contributed by atoms with Gasteiger partial charge in [0.05, 0.1) is 25.4 Å². The van der Waals surface area contributed by atoms with Crippen molar-refractivity contribution >= 4 is 5.97 Å². The second-order valence-electron chi connectivity index (χ2n) is 4.19. The highest BCUT2D eigenvalue weighted by molar-refractivity contribution is 5.90. The van der Waals surface area contributed by atoms with Crippen molar-refractivity contribution in [2.75, 3.05) is 26.9 Å². The minimum absolute atomic E-state index is 0.177. The first-order chi connectivity index (χ1) is 8.99. The summed E-state index contributed by atoms with van der Waals surface area (Å²) in [6.45, 7) is 4.86. The average Bonchev–Trinajstić information content (AvgIpc) is 2.31. The quantitative estimate of drug-likeness (QED) is 0.742. The van der Waals surface area contributed by atoms with Gasteiger partial charge in [-0.25, -0.2) is 4.79 Å². The number of hydrogen-bond acceptors (Lipinski definition) is 4. The van der Waals surface area contributed by atoms with Crippen molar-refractivity contribution in [3.63, 3.8) is 0 Å². The standard InChI is InChI=1S/C13H19NO5/c1-9-8-11(15)14(4-5-19-7-6-18-3)10(2)12(9)13(16)17/h8H,4-7H2,1-3H3,(H,16,17). The Bertz CT molecular complexity index is 506. The van der Waals surface area contributed by atoms with Crippen molar-refractivity contribution in [1.82, 2.24) is 4.57 Å². The summed E-state index contributed by atoms with van der Waals surface area (Å²) in [5.74, 6) is -1.02. The number of carbonyl (C=O) groups is 1. The third-order valence-electron chi connectivity index (χ3n) is 2.87. The van der Waals surface area contributed by atoms with Gasteiger partial charge in [-0.15, -0.1) is 0 Å². The summed E-state index contributed by atoms with van der Waals surface area (Å²) in [5, 5.41) is 9.14. The van der Waals surface area contributed by atoms with Gasteiger partial charge in [-0.05, 0) is 19.4 Å². The van der Waals surface area contributed by atoms with Crippen LogP contribution in [0.3, 0.4) is 0 Å². The minimum Gasteiger partial charge on any atom is -0.478 e. The molecular formula is C13H19NO5. The van der Waals surface area contributed by atoms with Gasteiger partial charge in [-0.2, -0.15) is 0 Å². The molecule has 19 heavy (non-hydrogen) atoms. The summed E-state index contributed by atoms with van der Waals surface area (Å²) >= 11 is 0. The molecule has 0 saturated heterocycles. The fourth-order valence-corrected chi connectivity index (χ4v) is 1.92. The molecule has 0 aliphatic rings. The maximum absolute atomic E-state index is 11.8. The Kier molecular flexibility index (Phi) is 5.72. The molecule has 6 nitrogen and oxygen atoms in total. The molecule has 0 radical (unpaired) electrons. The van der Waals surface area contributed by atoms with E-state index in [4.69, 9.17) is 14.6 Å². The number of aromatic carboxylic acids is 1. The summed E-state index contributed by atoms with van der Waals surface area (Å²) in [5.41, 5.74) is 0.895. The molecule has 0 bridgehead atoms. The van der Waals surface area contributed by atoms with E-state index in [-0.39, 0.29) is 11.1 Å². The number of hydrogen-bond donors (Lipinski definition) is 1. The Morgan fingerprint density at radius 3 is 2.58 bits per heavy atom.